The lowest BCUT2D eigenvalue weighted by atomic mass is 10.1. The van der Waals surface area contributed by atoms with Gasteiger partial charge in [0, 0.05) is 41.1 Å². The number of nitrogens with one attached hydrogen (secondary N) is 2. The highest BCUT2D eigenvalue weighted by Gasteiger charge is 2.07. The van der Waals surface area contributed by atoms with Crippen molar-refractivity contribution < 1.29 is 9.21 Å². The molecule has 1 aromatic heterocycles. The second kappa shape index (κ2) is 11.0. The molecule has 0 saturated carbocycles. The smallest absolute Gasteiger partial charge is 0.250 e. The minimum Gasteiger partial charge on any atom is -0.457 e. The van der Waals surface area contributed by atoms with E-state index in [0.29, 0.717) is 16.5 Å². The van der Waals surface area contributed by atoms with Crippen molar-refractivity contribution in [1.29, 1.82) is 0 Å². The molecule has 2 N–H and O–H groups in total. The number of hydrogen-bond donors (Lipinski definition) is 2. The number of halogens is 1. The summed E-state index contributed by atoms with van der Waals surface area (Å²) in [5, 5.41) is 6.56. The van der Waals surface area contributed by atoms with Crippen LogP contribution < -0.4 is 15.5 Å². The normalized spacial score (nSPS) is 10.9. The molecule has 0 aliphatic carbocycles. The van der Waals surface area contributed by atoms with Crippen LogP contribution >= 0.6 is 23.8 Å². The second-order valence-corrected chi connectivity index (χ2v) is 7.98. The Morgan fingerprint density at radius 3 is 2.47 bits per heavy atom. The molecule has 0 radical (unpaired) electrons. The first-order valence-electron chi connectivity index (χ1n) is 10.4. The number of carbonyl (C=O) groups excluding carboxylic acids is 1. The molecular formula is C25H26ClN3O2S. The van der Waals surface area contributed by atoms with Crippen LogP contribution in [0.5, 0.6) is 0 Å². The lowest BCUT2D eigenvalue weighted by Gasteiger charge is -2.21. The van der Waals surface area contributed by atoms with Crippen molar-refractivity contribution in [3.8, 4) is 11.3 Å². The van der Waals surface area contributed by atoms with Crippen LogP contribution in [0.4, 0.5) is 11.4 Å². The van der Waals surface area contributed by atoms with E-state index in [0.717, 1.165) is 35.6 Å². The molecule has 0 atom stereocenters. The van der Waals surface area contributed by atoms with Crippen molar-refractivity contribution in [2.24, 2.45) is 0 Å². The zero-order valence-corrected chi connectivity index (χ0v) is 19.9. The van der Waals surface area contributed by atoms with E-state index >= 15 is 0 Å². The van der Waals surface area contributed by atoms with Crippen LogP contribution in [0.15, 0.2) is 65.1 Å². The summed E-state index contributed by atoms with van der Waals surface area (Å²) < 4.78 is 5.79. The van der Waals surface area contributed by atoms with Gasteiger partial charge in [-0.2, -0.15) is 0 Å². The number of anilines is 2. The number of aryl methyl sites for hydroxylation is 1. The van der Waals surface area contributed by atoms with Gasteiger partial charge in [0.05, 0.1) is 0 Å². The van der Waals surface area contributed by atoms with Crippen LogP contribution in [-0.4, -0.2) is 24.1 Å². The monoisotopic (exact) mass is 467 g/mol. The zero-order chi connectivity index (χ0) is 23.1. The van der Waals surface area contributed by atoms with E-state index in [1.807, 2.05) is 55.5 Å². The minimum atomic E-state index is -0.349. The first-order chi connectivity index (χ1) is 15.4. The van der Waals surface area contributed by atoms with Crippen molar-refractivity contribution in [3.63, 3.8) is 0 Å². The summed E-state index contributed by atoms with van der Waals surface area (Å²) in [7, 11) is 0. The molecule has 0 saturated heterocycles. The number of hydrogen-bond acceptors (Lipinski definition) is 4. The number of carbonyl (C=O) groups is 1. The summed E-state index contributed by atoms with van der Waals surface area (Å²) in [5.41, 5.74) is 3.83. The molecule has 2 aromatic carbocycles. The molecule has 3 rings (SSSR count). The third-order valence-electron chi connectivity index (χ3n) is 4.97. The van der Waals surface area contributed by atoms with E-state index in [4.69, 9.17) is 28.2 Å². The van der Waals surface area contributed by atoms with Crippen LogP contribution in [0.3, 0.4) is 0 Å². The lowest BCUT2D eigenvalue weighted by molar-refractivity contribution is -0.115. The fourth-order valence-corrected chi connectivity index (χ4v) is 3.56. The Hall–Kier alpha value is -3.09. The first kappa shape index (κ1) is 23.6. The van der Waals surface area contributed by atoms with Crippen molar-refractivity contribution in [3.05, 3.63) is 77.0 Å². The van der Waals surface area contributed by atoms with Gasteiger partial charge in [-0.25, -0.2) is 0 Å². The van der Waals surface area contributed by atoms with Gasteiger partial charge < -0.3 is 14.6 Å². The Morgan fingerprint density at radius 1 is 1.09 bits per heavy atom. The predicted molar refractivity (Wildman–Crippen MR) is 137 cm³/mol. The van der Waals surface area contributed by atoms with Crippen molar-refractivity contribution in [2.75, 3.05) is 23.3 Å². The summed E-state index contributed by atoms with van der Waals surface area (Å²) in [6.45, 7) is 8.08. The molecule has 0 aliphatic heterocycles. The molecule has 5 nitrogen and oxygen atoms in total. The molecule has 0 bridgehead atoms. The van der Waals surface area contributed by atoms with E-state index in [-0.39, 0.29) is 11.0 Å². The second-order valence-electron chi connectivity index (χ2n) is 7.16. The highest BCUT2D eigenvalue weighted by Crippen LogP contribution is 2.27. The first-order valence-corrected chi connectivity index (χ1v) is 11.2. The van der Waals surface area contributed by atoms with Gasteiger partial charge in [0.1, 0.15) is 11.5 Å². The van der Waals surface area contributed by atoms with Gasteiger partial charge in [0.2, 0.25) is 5.91 Å². The van der Waals surface area contributed by atoms with E-state index in [9.17, 15) is 4.79 Å². The zero-order valence-electron chi connectivity index (χ0n) is 18.3. The average molecular weight is 468 g/mol. The Morgan fingerprint density at radius 2 is 1.81 bits per heavy atom. The van der Waals surface area contributed by atoms with Crippen LogP contribution in [0, 0.1) is 6.92 Å². The van der Waals surface area contributed by atoms with Gasteiger partial charge in [-0.3, -0.25) is 10.1 Å². The van der Waals surface area contributed by atoms with E-state index < -0.39 is 0 Å². The van der Waals surface area contributed by atoms with Gasteiger partial charge in [0.25, 0.3) is 0 Å². The fraction of sp³-hybridized carbons (Fsp3) is 0.200. The topological polar surface area (TPSA) is 57.5 Å². The van der Waals surface area contributed by atoms with Crippen molar-refractivity contribution in [2.45, 2.75) is 20.8 Å². The predicted octanol–water partition coefficient (Wildman–Crippen LogP) is 6.28. The molecule has 32 heavy (non-hydrogen) atoms. The highest BCUT2D eigenvalue weighted by molar-refractivity contribution is 7.80. The molecule has 3 aromatic rings. The van der Waals surface area contributed by atoms with Crippen LogP contribution in [0.2, 0.25) is 5.02 Å². The number of benzene rings is 2. The van der Waals surface area contributed by atoms with Crippen molar-refractivity contribution >= 4 is 52.3 Å². The Balaban J connectivity index is 1.54. The maximum atomic E-state index is 12.2. The lowest BCUT2D eigenvalue weighted by Crippen LogP contribution is -2.32. The number of rotatable bonds is 7. The van der Waals surface area contributed by atoms with Crippen LogP contribution in [-0.2, 0) is 4.79 Å². The molecule has 0 unspecified atom stereocenters. The molecular weight excluding hydrogens is 442 g/mol. The Labute approximate surface area is 199 Å². The fourth-order valence-electron chi connectivity index (χ4n) is 3.16. The summed E-state index contributed by atoms with van der Waals surface area (Å²) in [4.78, 5) is 14.5. The summed E-state index contributed by atoms with van der Waals surface area (Å²) in [6, 6.07) is 17.3. The van der Waals surface area contributed by atoms with Gasteiger partial charge >= 0.3 is 0 Å². The molecule has 1 heterocycles. The van der Waals surface area contributed by atoms with E-state index in [1.165, 1.54) is 6.08 Å². The average Bonchev–Trinajstić information content (AvgIpc) is 3.25. The van der Waals surface area contributed by atoms with Crippen LogP contribution in [0.25, 0.3) is 17.4 Å². The molecule has 166 valence electrons. The third-order valence-corrected chi connectivity index (χ3v) is 5.58. The number of nitrogens with zero attached hydrogens (tertiary/aromatic N) is 1. The molecule has 0 fully saturated rings. The van der Waals surface area contributed by atoms with Gasteiger partial charge in [-0.1, -0.05) is 23.7 Å². The molecule has 7 heteroatoms. The van der Waals surface area contributed by atoms with Gasteiger partial charge in [-0.15, -0.1) is 0 Å². The van der Waals surface area contributed by atoms with Gasteiger partial charge in [-0.05, 0) is 87.1 Å². The SMILES string of the molecule is CCN(CC)c1ccc(NC(=S)NC(=O)/C=C/c2ccc(-c3ccc(C)c(Cl)c3)o2)cc1. The molecule has 1 amide bonds. The maximum Gasteiger partial charge on any atom is 0.250 e. The molecule has 0 aliphatic rings. The number of thiocarbonyl (C=S) groups is 1. The highest BCUT2D eigenvalue weighted by atomic mass is 35.5. The standard InChI is InChI=1S/C25H26ClN3O2S/c1-4-29(5-2)20-10-8-19(9-11-20)27-25(32)28-24(30)15-13-21-12-14-23(31-21)18-7-6-17(3)22(26)16-18/h6-16H,4-5H2,1-3H3,(H2,27,28,30,32)/b15-13+. The van der Waals surface area contributed by atoms with E-state index in [2.05, 4.69) is 29.4 Å². The number of amides is 1. The van der Waals surface area contributed by atoms with E-state index in [1.54, 1.807) is 12.1 Å². The summed E-state index contributed by atoms with van der Waals surface area (Å²) in [5.74, 6) is 0.883. The minimum absolute atomic E-state index is 0.227. The number of furan rings is 1. The largest absolute Gasteiger partial charge is 0.457 e. The summed E-state index contributed by atoms with van der Waals surface area (Å²) in [6.07, 6.45) is 2.97. The van der Waals surface area contributed by atoms with Gasteiger partial charge in [0.15, 0.2) is 5.11 Å². The quantitative estimate of drug-likeness (QED) is 0.316. The Kier molecular flexibility index (Phi) is 8.09. The van der Waals surface area contributed by atoms with Crippen LogP contribution in [0.1, 0.15) is 25.2 Å². The molecule has 0 spiro atoms. The summed E-state index contributed by atoms with van der Waals surface area (Å²) >= 11 is 11.4. The Bertz CT molecular complexity index is 1120. The third kappa shape index (κ3) is 6.22. The van der Waals surface area contributed by atoms with Crippen molar-refractivity contribution in [1.82, 2.24) is 5.32 Å². The maximum absolute atomic E-state index is 12.2.